The zero-order valence-corrected chi connectivity index (χ0v) is 16.5. The van der Waals surface area contributed by atoms with Gasteiger partial charge >= 0.3 is 0 Å². The van der Waals surface area contributed by atoms with Crippen LogP contribution in [0.25, 0.3) is 0 Å². The lowest BCUT2D eigenvalue weighted by Crippen LogP contribution is -2.28. The van der Waals surface area contributed by atoms with Gasteiger partial charge in [-0.15, -0.1) is 11.3 Å². The topological polar surface area (TPSA) is 91.4 Å². The summed E-state index contributed by atoms with van der Waals surface area (Å²) in [5.74, 6) is -0.781. The standard InChI is InChI=1S/C20H22N4O3S/c1-12(25)21-14-6-8-15(9-7-14)24-11-13(10-18(24)26)19(27)23-20-22-16-4-2-3-5-17(16)28-20/h6-9,13H,2-5,10-11H2,1H3,(H,21,25)(H,22,23,27)/t13-/m0/s1. The van der Waals surface area contributed by atoms with Gasteiger partial charge < -0.3 is 15.5 Å². The Bertz CT molecular complexity index is 899. The highest BCUT2D eigenvalue weighted by molar-refractivity contribution is 7.15. The number of carbonyl (C=O) groups is 3. The van der Waals surface area contributed by atoms with Crippen molar-refractivity contribution in [2.75, 3.05) is 22.1 Å². The zero-order valence-electron chi connectivity index (χ0n) is 15.7. The van der Waals surface area contributed by atoms with Gasteiger partial charge in [0.1, 0.15) is 0 Å². The number of amides is 3. The van der Waals surface area contributed by atoms with Crippen LogP contribution in [-0.4, -0.2) is 29.3 Å². The van der Waals surface area contributed by atoms with E-state index in [4.69, 9.17) is 0 Å². The van der Waals surface area contributed by atoms with Gasteiger partial charge in [0.05, 0.1) is 11.6 Å². The molecule has 8 heteroatoms. The molecule has 2 N–H and O–H groups in total. The minimum absolute atomic E-state index is 0.0779. The molecule has 0 spiro atoms. The molecule has 0 radical (unpaired) electrons. The maximum atomic E-state index is 12.7. The largest absolute Gasteiger partial charge is 0.326 e. The van der Waals surface area contributed by atoms with Crippen LogP contribution in [0.3, 0.4) is 0 Å². The molecule has 4 rings (SSSR count). The van der Waals surface area contributed by atoms with Gasteiger partial charge in [0, 0.05) is 36.1 Å². The lowest BCUT2D eigenvalue weighted by molar-refractivity contribution is -0.122. The number of aryl methyl sites for hydroxylation is 2. The molecule has 1 aliphatic heterocycles. The lowest BCUT2D eigenvalue weighted by Gasteiger charge is -2.17. The van der Waals surface area contributed by atoms with E-state index in [0.717, 1.165) is 30.6 Å². The van der Waals surface area contributed by atoms with Crippen molar-refractivity contribution in [1.82, 2.24) is 4.98 Å². The molecule has 1 aromatic heterocycles. The fraction of sp³-hybridized carbons (Fsp3) is 0.400. The number of thiazole rings is 1. The summed E-state index contributed by atoms with van der Waals surface area (Å²) < 4.78 is 0. The van der Waals surface area contributed by atoms with E-state index in [-0.39, 0.29) is 24.1 Å². The first-order chi connectivity index (χ1) is 13.5. The molecular weight excluding hydrogens is 376 g/mol. The fourth-order valence-corrected chi connectivity index (χ4v) is 4.73. The smallest absolute Gasteiger partial charge is 0.231 e. The van der Waals surface area contributed by atoms with Crippen molar-refractivity contribution in [3.8, 4) is 0 Å². The summed E-state index contributed by atoms with van der Waals surface area (Å²) in [7, 11) is 0. The van der Waals surface area contributed by atoms with Crippen LogP contribution >= 0.6 is 11.3 Å². The number of benzene rings is 1. The third-order valence-electron chi connectivity index (χ3n) is 5.07. The Morgan fingerprint density at radius 2 is 1.89 bits per heavy atom. The van der Waals surface area contributed by atoms with Gasteiger partial charge in [0.25, 0.3) is 0 Å². The second kappa shape index (κ2) is 7.71. The molecular formula is C20H22N4O3S. The molecule has 2 aromatic rings. The summed E-state index contributed by atoms with van der Waals surface area (Å²) in [4.78, 5) is 43.6. The Morgan fingerprint density at radius 1 is 1.14 bits per heavy atom. The average molecular weight is 398 g/mol. The summed E-state index contributed by atoms with van der Waals surface area (Å²) in [6.07, 6.45) is 4.52. The Morgan fingerprint density at radius 3 is 2.61 bits per heavy atom. The van der Waals surface area contributed by atoms with Crippen molar-refractivity contribution >= 4 is 45.6 Å². The second-order valence-electron chi connectivity index (χ2n) is 7.22. The van der Waals surface area contributed by atoms with Gasteiger partial charge in [0.15, 0.2) is 5.13 Å². The lowest BCUT2D eigenvalue weighted by atomic mass is 10.0. The van der Waals surface area contributed by atoms with E-state index in [0.29, 0.717) is 17.4 Å². The van der Waals surface area contributed by atoms with Crippen LogP contribution in [0.2, 0.25) is 0 Å². The molecule has 146 valence electrons. The molecule has 0 saturated carbocycles. The molecule has 28 heavy (non-hydrogen) atoms. The van der Waals surface area contributed by atoms with E-state index in [1.54, 1.807) is 40.5 Å². The van der Waals surface area contributed by atoms with E-state index >= 15 is 0 Å². The van der Waals surface area contributed by atoms with E-state index in [9.17, 15) is 14.4 Å². The first kappa shape index (κ1) is 18.6. The number of hydrogen-bond donors (Lipinski definition) is 2. The van der Waals surface area contributed by atoms with Crippen molar-refractivity contribution in [3.63, 3.8) is 0 Å². The van der Waals surface area contributed by atoms with E-state index in [1.165, 1.54) is 18.2 Å². The summed E-state index contributed by atoms with van der Waals surface area (Å²) in [6, 6.07) is 7.05. The van der Waals surface area contributed by atoms with Crippen LogP contribution in [0, 0.1) is 5.92 Å². The molecule has 2 heterocycles. The highest BCUT2D eigenvalue weighted by Crippen LogP contribution is 2.31. The summed E-state index contributed by atoms with van der Waals surface area (Å²) in [6.45, 7) is 1.79. The third kappa shape index (κ3) is 3.91. The predicted octanol–water partition coefficient (Wildman–Crippen LogP) is 2.97. The maximum absolute atomic E-state index is 12.7. The molecule has 2 aliphatic rings. The van der Waals surface area contributed by atoms with Crippen LogP contribution in [0.5, 0.6) is 0 Å². The zero-order chi connectivity index (χ0) is 19.7. The molecule has 1 atom stereocenters. The van der Waals surface area contributed by atoms with Gasteiger partial charge in [0.2, 0.25) is 17.7 Å². The van der Waals surface area contributed by atoms with Crippen molar-refractivity contribution in [2.45, 2.75) is 39.0 Å². The number of aromatic nitrogens is 1. The monoisotopic (exact) mass is 398 g/mol. The van der Waals surface area contributed by atoms with E-state index in [1.807, 2.05) is 0 Å². The highest BCUT2D eigenvalue weighted by Gasteiger charge is 2.35. The SMILES string of the molecule is CC(=O)Nc1ccc(N2C[C@@H](C(=O)Nc3nc4c(s3)CCCC4)CC2=O)cc1. The number of rotatable bonds is 4. The summed E-state index contributed by atoms with van der Waals surface area (Å²) >= 11 is 1.55. The minimum atomic E-state index is -0.400. The molecule has 1 aromatic carbocycles. The number of anilines is 3. The average Bonchev–Trinajstić information content (AvgIpc) is 3.25. The summed E-state index contributed by atoms with van der Waals surface area (Å²) in [5.41, 5.74) is 2.50. The van der Waals surface area contributed by atoms with Gasteiger partial charge in [-0.25, -0.2) is 4.98 Å². The Kier molecular flexibility index (Phi) is 5.13. The first-order valence-corrected chi connectivity index (χ1v) is 10.3. The van der Waals surface area contributed by atoms with Gasteiger partial charge in [-0.05, 0) is 49.9 Å². The number of nitrogens with one attached hydrogen (secondary N) is 2. The number of carbonyl (C=O) groups excluding carboxylic acids is 3. The molecule has 0 bridgehead atoms. The van der Waals surface area contributed by atoms with Gasteiger partial charge in [-0.2, -0.15) is 0 Å². The Hall–Kier alpha value is -2.74. The third-order valence-corrected chi connectivity index (χ3v) is 6.14. The summed E-state index contributed by atoms with van der Waals surface area (Å²) in [5, 5.41) is 6.24. The molecule has 7 nitrogen and oxygen atoms in total. The molecule has 3 amide bonds. The van der Waals surface area contributed by atoms with Crippen molar-refractivity contribution in [3.05, 3.63) is 34.8 Å². The second-order valence-corrected chi connectivity index (χ2v) is 8.30. The number of fused-ring (bicyclic) bond motifs is 1. The van der Waals surface area contributed by atoms with Crippen LogP contribution in [0.15, 0.2) is 24.3 Å². The van der Waals surface area contributed by atoms with Gasteiger partial charge in [-0.3, -0.25) is 14.4 Å². The van der Waals surface area contributed by atoms with Crippen LogP contribution in [0.1, 0.15) is 36.8 Å². The van der Waals surface area contributed by atoms with Crippen molar-refractivity contribution in [1.29, 1.82) is 0 Å². The van der Waals surface area contributed by atoms with Crippen molar-refractivity contribution < 1.29 is 14.4 Å². The molecule has 0 unspecified atom stereocenters. The minimum Gasteiger partial charge on any atom is -0.326 e. The quantitative estimate of drug-likeness (QED) is 0.828. The van der Waals surface area contributed by atoms with Crippen LogP contribution in [0.4, 0.5) is 16.5 Å². The fourth-order valence-electron chi connectivity index (χ4n) is 3.67. The highest BCUT2D eigenvalue weighted by atomic mass is 32.1. The van der Waals surface area contributed by atoms with Crippen LogP contribution in [-0.2, 0) is 27.2 Å². The normalized spacial score (nSPS) is 18.7. The van der Waals surface area contributed by atoms with Gasteiger partial charge in [-0.1, -0.05) is 0 Å². The van der Waals surface area contributed by atoms with E-state index < -0.39 is 5.92 Å². The van der Waals surface area contributed by atoms with E-state index in [2.05, 4.69) is 15.6 Å². The molecule has 1 saturated heterocycles. The molecule has 1 fully saturated rings. The van der Waals surface area contributed by atoms with Crippen molar-refractivity contribution in [2.24, 2.45) is 5.92 Å². The maximum Gasteiger partial charge on any atom is 0.231 e. The Labute approximate surface area is 167 Å². The number of nitrogens with zero attached hydrogens (tertiary/aromatic N) is 2. The Balaban J connectivity index is 1.40. The number of hydrogen-bond acceptors (Lipinski definition) is 5. The first-order valence-electron chi connectivity index (χ1n) is 9.47. The van der Waals surface area contributed by atoms with Crippen LogP contribution < -0.4 is 15.5 Å². The molecule has 1 aliphatic carbocycles. The predicted molar refractivity (Wildman–Crippen MR) is 109 cm³/mol.